The van der Waals surface area contributed by atoms with Crippen molar-refractivity contribution in [2.75, 3.05) is 6.61 Å². The summed E-state index contributed by atoms with van der Waals surface area (Å²) in [4.78, 5) is 35.8. The maximum atomic E-state index is 14.3. The molecule has 45 heavy (non-hydrogen) atoms. The second-order valence-corrected chi connectivity index (χ2v) is 11.1. The Bertz CT molecular complexity index is 2130. The molecule has 2 aliphatic heterocycles. The summed E-state index contributed by atoms with van der Waals surface area (Å²) in [6, 6.07) is 18.2. The molecule has 5 heterocycles. The fraction of sp³-hybridized carbons (Fsp3) is 0.219. The molecular formula is C32H27ClN5O7-. The van der Waals surface area contributed by atoms with Crippen molar-refractivity contribution in [3.63, 3.8) is 0 Å². The van der Waals surface area contributed by atoms with Gasteiger partial charge in [-0.3, -0.25) is 14.6 Å². The van der Waals surface area contributed by atoms with Gasteiger partial charge >= 0.3 is 0 Å². The van der Waals surface area contributed by atoms with Crippen molar-refractivity contribution < 1.29 is 47.2 Å². The van der Waals surface area contributed by atoms with E-state index < -0.39 is 49.1 Å². The number of ether oxygens (including phenoxy) is 1. The fourth-order valence-corrected chi connectivity index (χ4v) is 6.71. The number of aliphatic hydroxyl groups is 4. The van der Waals surface area contributed by atoms with Gasteiger partial charge < -0.3 is 47.1 Å². The second kappa shape index (κ2) is 10.9. The maximum absolute atomic E-state index is 14.3. The zero-order valence-corrected chi connectivity index (χ0v) is 24.2. The Morgan fingerprint density at radius 2 is 1.51 bits per heavy atom. The predicted molar refractivity (Wildman–Crippen MR) is 159 cm³/mol. The number of hydrogen-bond acceptors (Lipinski definition) is 9. The number of H-pyrrole nitrogens is 1. The van der Waals surface area contributed by atoms with E-state index in [0.29, 0.717) is 32.7 Å². The Hall–Kier alpha value is -4.40. The van der Waals surface area contributed by atoms with E-state index in [1.54, 1.807) is 41.2 Å². The standard InChI is InChI=1S/C32H27N5O7.ClH/c38-14-20-27(39)28(40)29(41)32(44-20)36-19-8-4-2-6-17(19)22-24-23(21-16-5-1-3-7-18(16)35-25(21)26(22)36)30(42)37(31(24)43)34-13-15-9-11-33-12-10-15;/h1-12,20,27-29,32,34-35,38-41H,13-14H2;1H/p-1/t20-,27-,28+,29-,32?;/m0./s1. The Morgan fingerprint density at radius 3 is 2.24 bits per heavy atom. The molecule has 2 aliphatic rings. The molecule has 0 aliphatic carbocycles. The molecule has 13 heteroatoms. The molecule has 6 aromatic rings. The SMILES string of the molecule is O=C1c2c(c3c4ccccc4n(C4O[C@@H](CO)[C@H](O)[C@@H](O)[C@@H]4O)c3c3[nH]c4ccccc4c23)C(=O)N1NCc1ccncc1.[Cl-]. The summed E-state index contributed by atoms with van der Waals surface area (Å²) in [5, 5.41) is 45.8. The number of aromatic amines is 1. The summed E-state index contributed by atoms with van der Waals surface area (Å²) < 4.78 is 7.73. The Labute approximate surface area is 260 Å². The highest BCUT2D eigenvalue weighted by Gasteiger charge is 2.47. The number of pyridine rings is 1. The van der Waals surface area contributed by atoms with Crippen LogP contribution in [0.4, 0.5) is 0 Å². The number of nitrogens with one attached hydrogen (secondary N) is 2. The number of imide groups is 1. The van der Waals surface area contributed by atoms with Gasteiger partial charge in [-0.1, -0.05) is 36.4 Å². The Morgan fingerprint density at radius 1 is 0.844 bits per heavy atom. The number of para-hydroxylation sites is 2. The molecule has 0 spiro atoms. The van der Waals surface area contributed by atoms with Crippen molar-refractivity contribution in [1.29, 1.82) is 0 Å². The number of amides is 2. The first-order valence-electron chi connectivity index (χ1n) is 14.2. The van der Waals surface area contributed by atoms with Gasteiger partial charge in [-0.05, 0) is 29.8 Å². The van der Waals surface area contributed by atoms with Crippen LogP contribution >= 0.6 is 0 Å². The second-order valence-electron chi connectivity index (χ2n) is 11.1. The largest absolute Gasteiger partial charge is 1.00 e. The molecule has 6 N–H and O–H groups in total. The lowest BCUT2D eigenvalue weighted by Crippen LogP contribution is -3.00. The van der Waals surface area contributed by atoms with Crippen molar-refractivity contribution in [3.05, 3.63) is 89.7 Å². The average molecular weight is 629 g/mol. The topological polar surface area (TPSA) is 173 Å². The smallest absolute Gasteiger partial charge is 0.276 e. The van der Waals surface area contributed by atoms with Crippen LogP contribution in [0.5, 0.6) is 0 Å². The molecule has 5 atom stereocenters. The van der Waals surface area contributed by atoms with Crippen LogP contribution in [-0.4, -0.2) is 82.8 Å². The van der Waals surface area contributed by atoms with Gasteiger partial charge in [0.1, 0.15) is 24.4 Å². The minimum Gasteiger partial charge on any atom is -1.00 e. The first-order chi connectivity index (χ1) is 21.4. The molecule has 1 fully saturated rings. The van der Waals surface area contributed by atoms with Crippen molar-refractivity contribution in [2.24, 2.45) is 0 Å². The highest BCUT2D eigenvalue weighted by Crippen LogP contribution is 2.47. The highest BCUT2D eigenvalue weighted by molar-refractivity contribution is 6.39. The van der Waals surface area contributed by atoms with Gasteiger partial charge in [0.2, 0.25) is 0 Å². The molecule has 0 saturated carbocycles. The quantitative estimate of drug-likeness (QED) is 0.132. The van der Waals surface area contributed by atoms with Crippen LogP contribution in [-0.2, 0) is 11.3 Å². The van der Waals surface area contributed by atoms with Gasteiger partial charge in [0.15, 0.2) is 6.23 Å². The number of carbonyl (C=O) groups is 2. The van der Waals surface area contributed by atoms with Crippen molar-refractivity contribution in [1.82, 2.24) is 25.0 Å². The maximum Gasteiger partial charge on any atom is 0.276 e. The van der Waals surface area contributed by atoms with Crippen LogP contribution in [0.15, 0.2) is 73.1 Å². The number of aliphatic hydroxyl groups excluding tert-OH is 4. The summed E-state index contributed by atoms with van der Waals surface area (Å²) in [6.45, 7) is -0.387. The summed E-state index contributed by atoms with van der Waals surface area (Å²) in [7, 11) is 0. The van der Waals surface area contributed by atoms with E-state index in [-0.39, 0.29) is 30.1 Å². The zero-order chi connectivity index (χ0) is 30.3. The number of carbonyl (C=O) groups excluding carboxylic acids is 2. The number of nitrogens with zero attached hydrogens (tertiary/aromatic N) is 3. The lowest BCUT2D eigenvalue weighted by Gasteiger charge is -2.41. The van der Waals surface area contributed by atoms with Gasteiger partial charge in [-0.2, -0.15) is 0 Å². The molecule has 12 nitrogen and oxygen atoms in total. The van der Waals surface area contributed by atoms with Gasteiger partial charge in [-0.25, -0.2) is 10.4 Å². The van der Waals surface area contributed by atoms with E-state index in [4.69, 9.17) is 4.74 Å². The summed E-state index contributed by atoms with van der Waals surface area (Å²) in [5.41, 5.74) is 6.56. The monoisotopic (exact) mass is 628 g/mol. The molecule has 0 radical (unpaired) electrons. The first-order valence-corrected chi connectivity index (χ1v) is 14.2. The molecule has 8 rings (SSSR count). The van der Waals surface area contributed by atoms with E-state index in [1.165, 1.54) is 0 Å². The summed E-state index contributed by atoms with van der Waals surface area (Å²) >= 11 is 0. The molecule has 1 unspecified atom stereocenters. The van der Waals surface area contributed by atoms with Crippen LogP contribution in [0.1, 0.15) is 32.5 Å². The minimum absolute atomic E-state index is 0. The first kappa shape index (κ1) is 29.3. The van der Waals surface area contributed by atoms with Gasteiger partial charge in [0, 0.05) is 46.0 Å². The molecule has 230 valence electrons. The molecule has 3 aromatic carbocycles. The number of benzene rings is 3. The van der Waals surface area contributed by atoms with Gasteiger partial charge in [-0.15, -0.1) is 0 Å². The van der Waals surface area contributed by atoms with Crippen LogP contribution in [0.25, 0.3) is 43.6 Å². The highest BCUT2D eigenvalue weighted by atomic mass is 35.5. The van der Waals surface area contributed by atoms with Gasteiger partial charge in [0.25, 0.3) is 11.8 Å². The minimum atomic E-state index is -1.62. The van der Waals surface area contributed by atoms with E-state index >= 15 is 0 Å². The number of fused-ring (bicyclic) bond motifs is 10. The molecule has 0 bridgehead atoms. The molecule has 3 aromatic heterocycles. The van der Waals surface area contributed by atoms with Gasteiger partial charge in [0.05, 0.1) is 34.3 Å². The zero-order valence-electron chi connectivity index (χ0n) is 23.5. The predicted octanol–water partition coefficient (Wildman–Crippen LogP) is -0.899. The third-order valence-electron chi connectivity index (χ3n) is 8.75. The lowest BCUT2D eigenvalue weighted by atomic mass is 9.96. The molecule has 2 amide bonds. The normalized spacial score (nSPS) is 23.4. The molecular weight excluding hydrogens is 602 g/mol. The Balaban J connectivity index is 0.00000325. The Kier molecular flexibility index (Phi) is 7.10. The summed E-state index contributed by atoms with van der Waals surface area (Å²) in [6.07, 6.45) is -3.90. The van der Waals surface area contributed by atoms with Crippen LogP contribution in [0.3, 0.4) is 0 Å². The van der Waals surface area contributed by atoms with Crippen molar-refractivity contribution in [2.45, 2.75) is 37.2 Å². The average Bonchev–Trinajstić information content (AvgIpc) is 3.67. The third-order valence-corrected chi connectivity index (χ3v) is 8.75. The number of halogens is 1. The van der Waals surface area contributed by atoms with E-state index in [2.05, 4.69) is 15.4 Å². The number of hydrogen-bond donors (Lipinski definition) is 6. The van der Waals surface area contributed by atoms with Crippen molar-refractivity contribution >= 4 is 55.4 Å². The summed E-state index contributed by atoms with van der Waals surface area (Å²) in [5.74, 6) is -1.03. The van der Waals surface area contributed by atoms with E-state index in [9.17, 15) is 30.0 Å². The number of rotatable bonds is 5. The van der Waals surface area contributed by atoms with E-state index in [0.717, 1.165) is 21.5 Å². The van der Waals surface area contributed by atoms with Crippen LogP contribution in [0.2, 0.25) is 0 Å². The third kappa shape index (κ3) is 4.12. The van der Waals surface area contributed by atoms with Crippen LogP contribution < -0.4 is 17.8 Å². The molecule has 1 saturated heterocycles. The number of aromatic nitrogens is 3. The fourth-order valence-electron chi connectivity index (χ4n) is 6.71. The lowest BCUT2D eigenvalue weighted by molar-refractivity contribution is -0.249. The van der Waals surface area contributed by atoms with E-state index in [1.807, 2.05) is 36.4 Å². The van der Waals surface area contributed by atoms with Crippen LogP contribution in [0, 0.1) is 0 Å². The number of hydrazine groups is 1. The van der Waals surface area contributed by atoms with Crippen molar-refractivity contribution in [3.8, 4) is 0 Å².